The second kappa shape index (κ2) is 11.4. The summed E-state index contributed by atoms with van der Waals surface area (Å²) in [5, 5.41) is 11.0. The van der Waals surface area contributed by atoms with Crippen molar-refractivity contribution < 1.29 is 19.1 Å². The van der Waals surface area contributed by atoms with E-state index in [0.717, 1.165) is 43.1 Å². The van der Waals surface area contributed by atoms with Crippen LogP contribution < -0.4 is 14.2 Å². The highest BCUT2D eigenvalue weighted by molar-refractivity contribution is 5.85. The smallest absolute Gasteiger partial charge is 0.269 e. The molecule has 2 heterocycles. The lowest BCUT2D eigenvalue weighted by Crippen LogP contribution is -2.42. The Kier molecular flexibility index (Phi) is 8.59. The average molecular weight is 463 g/mol. The maximum absolute atomic E-state index is 11.0. The number of nitrogens with zero attached hydrogens (tertiary/aromatic N) is 2. The lowest BCUT2D eigenvalue weighted by molar-refractivity contribution is -0.384. The molecule has 8 heteroatoms. The number of likely N-dealkylation sites (tertiary alicyclic amines) is 1. The number of nitro groups is 1. The van der Waals surface area contributed by atoms with E-state index in [1.807, 2.05) is 30.3 Å². The Morgan fingerprint density at radius 2 is 1.91 bits per heavy atom. The van der Waals surface area contributed by atoms with Gasteiger partial charge in [-0.15, -0.1) is 12.4 Å². The van der Waals surface area contributed by atoms with Gasteiger partial charge < -0.3 is 19.1 Å². The van der Waals surface area contributed by atoms with E-state index in [4.69, 9.17) is 14.2 Å². The number of fused-ring (bicyclic) bond motifs is 1. The highest BCUT2D eigenvalue weighted by atomic mass is 35.5. The number of halogens is 1. The number of hydrogen-bond acceptors (Lipinski definition) is 6. The maximum atomic E-state index is 11.0. The molecule has 1 saturated heterocycles. The molecule has 2 aliphatic rings. The van der Waals surface area contributed by atoms with Crippen LogP contribution >= 0.6 is 12.4 Å². The molecule has 1 fully saturated rings. The van der Waals surface area contributed by atoms with Crippen molar-refractivity contribution >= 4 is 18.1 Å². The molecule has 2 atom stereocenters. The van der Waals surface area contributed by atoms with Gasteiger partial charge in [0.1, 0.15) is 5.75 Å². The molecule has 2 aromatic carbocycles. The summed E-state index contributed by atoms with van der Waals surface area (Å²) >= 11 is 0. The number of unbranched alkanes of at least 4 members (excludes halogenated alkanes) is 2. The lowest BCUT2D eigenvalue weighted by atomic mass is 9.80. The summed E-state index contributed by atoms with van der Waals surface area (Å²) in [6.07, 6.45) is 4.71. The molecular weight excluding hydrogens is 432 g/mol. The molecule has 0 amide bonds. The maximum Gasteiger partial charge on any atom is 0.269 e. The molecule has 0 N–H and O–H groups in total. The normalized spacial score (nSPS) is 19.9. The second-order valence-corrected chi connectivity index (χ2v) is 8.34. The van der Waals surface area contributed by atoms with E-state index in [2.05, 4.69) is 11.8 Å². The molecular formula is C24H31ClN2O5. The minimum absolute atomic E-state index is 0. The fraction of sp³-hybridized carbons (Fsp3) is 0.500. The van der Waals surface area contributed by atoms with Crippen LogP contribution in [0.4, 0.5) is 5.69 Å². The van der Waals surface area contributed by atoms with Crippen LogP contribution in [0.1, 0.15) is 44.1 Å². The number of non-ortho nitro benzene ring substituents is 1. The second-order valence-electron chi connectivity index (χ2n) is 8.34. The van der Waals surface area contributed by atoms with Crippen LogP contribution in [0, 0.1) is 16.0 Å². The first-order valence-corrected chi connectivity index (χ1v) is 11.1. The number of ether oxygens (including phenoxy) is 3. The van der Waals surface area contributed by atoms with E-state index >= 15 is 0 Å². The minimum Gasteiger partial charge on any atom is -0.493 e. The largest absolute Gasteiger partial charge is 0.493 e. The zero-order valence-electron chi connectivity index (χ0n) is 18.4. The van der Waals surface area contributed by atoms with Crippen molar-refractivity contribution in [3.05, 3.63) is 58.1 Å². The highest BCUT2D eigenvalue weighted by Crippen LogP contribution is 2.37. The van der Waals surface area contributed by atoms with Crippen LogP contribution in [0.2, 0.25) is 0 Å². The van der Waals surface area contributed by atoms with Gasteiger partial charge in [0.05, 0.1) is 11.5 Å². The molecule has 0 aliphatic carbocycles. The number of nitro benzene ring substituents is 1. The van der Waals surface area contributed by atoms with Gasteiger partial charge in [0.15, 0.2) is 11.5 Å². The van der Waals surface area contributed by atoms with Crippen LogP contribution in [0.25, 0.3) is 0 Å². The third-order valence-electron chi connectivity index (χ3n) is 6.24. The van der Waals surface area contributed by atoms with Crippen LogP contribution in [-0.4, -0.2) is 42.9 Å². The Morgan fingerprint density at radius 1 is 1.12 bits per heavy atom. The first-order valence-electron chi connectivity index (χ1n) is 11.1. The van der Waals surface area contributed by atoms with Gasteiger partial charge >= 0.3 is 0 Å². The quantitative estimate of drug-likeness (QED) is 0.281. The summed E-state index contributed by atoms with van der Waals surface area (Å²) < 4.78 is 17.0. The number of benzene rings is 2. The molecule has 0 bridgehead atoms. The first-order chi connectivity index (χ1) is 15.1. The molecule has 0 radical (unpaired) electrons. The Balaban J connectivity index is 0.00000289. The SMILES string of the molecule is CCCCCN1CC[C@@H](c2ccc([N+](=O)[O-])cc2)[C@H](COc2ccc3c(c2)OCO3)C1.Cl. The Hall–Kier alpha value is -2.51. The predicted octanol–water partition coefficient (Wildman–Crippen LogP) is 5.42. The van der Waals surface area contributed by atoms with Crippen molar-refractivity contribution in [2.24, 2.45) is 5.92 Å². The van der Waals surface area contributed by atoms with E-state index in [-0.39, 0.29) is 29.8 Å². The van der Waals surface area contributed by atoms with Crippen molar-refractivity contribution in [2.45, 2.75) is 38.5 Å². The molecule has 2 aromatic rings. The predicted molar refractivity (Wildman–Crippen MR) is 125 cm³/mol. The summed E-state index contributed by atoms with van der Waals surface area (Å²) in [5.74, 6) is 2.86. The van der Waals surface area contributed by atoms with Gasteiger partial charge in [-0.3, -0.25) is 10.1 Å². The zero-order chi connectivity index (χ0) is 21.6. The summed E-state index contributed by atoms with van der Waals surface area (Å²) in [7, 11) is 0. The summed E-state index contributed by atoms with van der Waals surface area (Å²) in [6.45, 7) is 6.19. The molecule has 0 aromatic heterocycles. The lowest BCUT2D eigenvalue weighted by Gasteiger charge is -2.39. The monoisotopic (exact) mass is 462 g/mol. The molecule has 174 valence electrons. The van der Waals surface area contributed by atoms with E-state index in [0.29, 0.717) is 24.2 Å². The van der Waals surface area contributed by atoms with E-state index in [1.54, 1.807) is 12.1 Å². The molecule has 0 unspecified atom stereocenters. The van der Waals surface area contributed by atoms with Gasteiger partial charge in [-0.1, -0.05) is 31.9 Å². The Labute approximate surface area is 195 Å². The van der Waals surface area contributed by atoms with Crippen LogP contribution in [0.15, 0.2) is 42.5 Å². The van der Waals surface area contributed by atoms with Gasteiger partial charge in [0.25, 0.3) is 5.69 Å². The van der Waals surface area contributed by atoms with Crippen molar-refractivity contribution in [3.63, 3.8) is 0 Å². The van der Waals surface area contributed by atoms with Gasteiger partial charge in [-0.25, -0.2) is 0 Å². The van der Waals surface area contributed by atoms with Crippen molar-refractivity contribution in [2.75, 3.05) is 33.0 Å². The zero-order valence-corrected chi connectivity index (χ0v) is 19.2. The molecule has 0 saturated carbocycles. The molecule has 7 nitrogen and oxygen atoms in total. The van der Waals surface area contributed by atoms with Crippen molar-refractivity contribution in [3.8, 4) is 17.2 Å². The first kappa shape index (κ1) is 24.1. The molecule has 32 heavy (non-hydrogen) atoms. The van der Waals surface area contributed by atoms with E-state index in [1.165, 1.54) is 19.3 Å². The summed E-state index contributed by atoms with van der Waals surface area (Å²) in [4.78, 5) is 13.2. The van der Waals surface area contributed by atoms with Crippen molar-refractivity contribution in [1.29, 1.82) is 0 Å². The van der Waals surface area contributed by atoms with E-state index < -0.39 is 0 Å². The van der Waals surface area contributed by atoms with Crippen molar-refractivity contribution in [1.82, 2.24) is 4.90 Å². The van der Waals surface area contributed by atoms with Gasteiger partial charge in [-0.05, 0) is 49.5 Å². The molecule has 0 spiro atoms. The fourth-order valence-electron chi connectivity index (χ4n) is 4.52. The van der Waals surface area contributed by atoms with Gasteiger partial charge in [0, 0.05) is 30.7 Å². The van der Waals surface area contributed by atoms with Crippen LogP contribution in [0.5, 0.6) is 17.2 Å². The number of piperidine rings is 1. The Bertz CT molecular complexity index is 892. The highest BCUT2D eigenvalue weighted by Gasteiger charge is 2.31. The average Bonchev–Trinajstić information content (AvgIpc) is 3.26. The van der Waals surface area contributed by atoms with Crippen LogP contribution in [-0.2, 0) is 0 Å². The third-order valence-corrected chi connectivity index (χ3v) is 6.24. The molecule has 2 aliphatic heterocycles. The third kappa shape index (κ3) is 5.84. The number of hydrogen-bond donors (Lipinski definition) is 0. The minimum atomic E-state index is -0.347. The van der Waals surface area contributed by atoms with E-state index in [9.17, 15) is 10.1 Å². The van der Waals surface area contributed by atoms with Crippen LogP contribution in [0.3, 0.4) is 0 Å². The molecule has 4 rings (SSSR count). The number of rotatable bonds is 9. The summed E-state index contributed by atoms with van der Waals surface area (Å²) in [6, 6.07) is 12.7. The van der Waals surface area contributed by atoms with Gasteiger partial charge in [0.2, 0.25) is 6.79 Å². The summed E-state index contributed by atoms with van der Waals surface area (Å²) in [5.41, 5.74) is 1.28. The van der Waals surface area contributed by atoms with Gasteiger partial charge in [-0.2, -0.15) is 0 Å². The Morgan fingerprint density at radius 3 is 2.66 bits per heavy atom. The topological polar surface area (TPSA) is 74.1 Å². The standard InChI is InChI=1S/C24H30N2O5.ClH/c1-2-3-4-12-25-13-11-22(18-5-7-20(8-6-18)26(27)28)19(15-25)16-29-21-9-10-23-24(14-21)31-17-30-23;/h5-10,14,19,22H,2-4,11-13,15-17H2,1H3;1H/t19-,22-;/m0./s1. The fourth-order valence-corrected chi connectivity index (χ4v) is 4.52.